The van der Waals surface area contributed by atoms with Crippen LogP contribution in [0.1, 0.15) is 6.92 Å². The Bertz CT molecular complexity index is 2620. The van der Waals surface area contributed by atoms with Crippen LogP contribution in [0.4, 0.5) is 11.4 Å². The van der Waals surface area contributed by atoms with Crippen molar-refractivity contribution in [1.29, 1.82) is 0 Å². The highest BCUT2D eigenvalue weighted by Crippen LogP contribution is 2.45. The van der Waals surface area contributed by atoms with Gasteiger partial charge in [-0.15, -0.1) is 10.2 Å². The van der Waals surface area contributed by atoms with Gasteiger partial charge in [-0.2, -0.15) is 0 Å². The molecule has 0 atom stereocenters. The number of allylic oxidation sites excluding steroid dienone is 4. The number of rotatable bonds is 9. The molecule has 0 saturated carbocycles. The Balaban J connectivity index is 1.33. The van der Waals surface area contributed by atoms with Crippen LogP contribution in [-0.2, 0) is 0 Å². The Morgan fingerprint density at radius 3 is 1.45 bits per heavy atom. The average molecular weight is 737 g/mol. The van der Waals surface area contributed by atoms with Crippen molar-refractivity contribution in [2.45, 2.75) is 6.92 Å². The zero-order valence-electron chi connectivity index (χ0n) is 31.2. The predicted octanol–water partition coefficient (Wildman–Crippen LogP) is 10.4. The first-order valence-corrected chi connectivity index (χ1v) is 21.0. The molecule has 56 heavy (non-hydrogen) atoms. The van der Waals surface area contributed by atoms with E-state index in [0.29, 0.717) is 0 Å². The van der Waals surface area contributed by atoms with Crippen LogP contribution >= 0.6 is 0 Å². The van der Waals surface area contributed by atoms with Gasteiger partial charge in [0, 0.05) is 33.6 Å². The van der Waals surface area contributed by atoms with E-state index in [1.54, 1.807) is 0 Å². The van der Waals surface area contributed by atoms with E-state index in [9.17, 15) is 0 Å². The van der Waals surface area contributed by atoms with Gasteiger partial charge in [0.2, 0.25) is 0 Å². The van der Waals surface area contributed by atoms with Gasteiger partial charge in [-0.1, -0.05) is 195 Å². The maximum Gasteiger partial charge on any atom is 0.179 e. The van der Waals surface area contributed by atoms with Gasteiger partial charge < -0.3 is 4.90 Å². The summed E-state index contributed by atoms with van der Waals surface area (Å²) in [6.07, 6.45) is 6.19. The minimum Gasteiger partial charge on any atom is -0.310 e. The summed E-state index contributed by atoms with van der Waals surface area (Å²) >= 11 is 0. The molecule has 0 unspecified atom stereocenters. The number of benzene rings is 7. The fraction of sp³-hybridized carbons (Fsp3) is 0.0196. The number of fused-ring (bicyclic) bond motifs is 1. The lowest BCUT2D eigenvalue weighted by molar-refractivity contribution is 1.07. The van der Waals surface area contributed by atoms with E-state index in [-0.39, 0.29) is 0 Å². The molecule has 268 valence electrons. The third-order valence-electron chi connectivity index (χ3n) is 10.8. The van der Waals surface area contributed by atoms with Gasteiger partial charge >= 0.3 is 0 Å². The maximum atomic E-state index is 4.83. The number of hydrogen-bond donors (Lipinski definition) is 0. The van der Waals surface area contributed by atoms with Crippen molar-refractivity contribution in [2.75, 3.05) is 4.90 Å². The number of aromatic nitrogens is 3. The lowest BCUT2D eigenvalue weighted by Gasteiger charge is -2.45. The topological polar surface area (TPSA) is 34.0 Å². The van der Waals surface area contributed by atoms with E-state index in [1.807, 2.05) is 42.5 Å². The molecule has 1 aliphatic rings. The van der Waals surface area contributed by atoms with E-state index in [4.69, 9.17) is 10.2 Å². The highest BCUT2D eigenvalue weighted by Gasteiger charge is 2.48. The molecule has 0 spiro atoms. The third-order valence-corrected chi connectivity index (χ3v) is 15.9. The van der Waals surface area contributed by atoms with Gasteiger partial charge in [0.1, 0.15) is 0 Å². The zero-order chi connectivity index (χ0) is 37.9. The Morgan fingerprint density at radius 2 is 0.911 bits per heavy atom. The van der Waals surface area contributed by atoms with E-state index in [0.717, 1.165) is 51.0 Å². The lowest BCUT2D eigenvalue weighted by atomic mass is 9.99. The first-order chi connectivity index (χ1) is 27.7. The molecule has 0 radical (unpaired) electrons. The van der Waals surface area contributed by atoms with Crippen molar-refractivity contribution in [3.05, 3.63) is 230 Å². The fourth-order valence-corrected chi connectivity index (χ4v) is 13.6. The molecule has 7 aromatic carbocycles. The highest BCUT2D eigenvalue weighted by atomic mass is 28.3. The third kappa shape index (κ3) is 5.77. The van der Waals surface area contributed by atoms with E-state index in [1.165, 1.54) is 26.4 Å². The summed E-state index contributed by atoms with van der Waals surface area (Å²) in [5.74, 6) is 1.56. The second kappa shape index (κ2) is 15.0. The SMILES string of the molecule is C=C/C=C\C1=C(C)[Si](c2ccccc2)(c2ccccc2)c2ccccc2N1c1ccccc1-c1ccccc1-n1c(-c2ccccc2)nnc1-c1ccccc1. The molecule has 4 nitrogen and oxygen atoms in total. The summed E-state index contributed by atoms with van der Waals surface area (Å²) in [5, 5.41) is 15.1. The standard InChI is InChI=1S/C51H40N4Si/c1-3-4-33-45-38(2)56(41-27-13-7-14-28-41,42-29-15-8-16-30-42)49-37-22-21-36-48(49)54(45)46-34-19-17-31-43(46)44-32-18-20-35-47(44)55-50(39-23-9-5-10-24-39)52-53-51(55)40-25-11-6-12-26-40/h3-37H,1H2,2H3/b33-4-. The maximum absolute atomic E-state index is 4.83. The first kappa shape index (κ1) is 34.7. The van der Waals surface area contributed by atoms with Crippen LogP contribution in [0.5, 0.6) is 0 Å². The van der Waals surface area contributed by atoms with Crippen molar-refractivity contribution < 1.29 is 0 Å². The van der Waals surface area contributed by atoms with E-state index in [2.05, 4.69) is 193 Å². The van der Waals surface area contributed by atoms with Gasteiger partial charge in [-0.05, 0) is 52.0 Å². The molecule has 0 aliphatic carbocycles. The van der Waals surface area contributed by atoms with Crippen LogP contribution in [0.15, 0.2) is 230 Å². The second-order valence-corrected chi connectivity index (χ2v) is 17.8. The van der Waals surface area contributed by atoms with Gasteiger partial charge in [-0.25, -0.2) is 0 Å². The van der Waals surface area contributed by atoms with Crippen LogP contribution in [-0.4, -0.2) is 22.8 Å². The largest absolute Gasteiger partial charge is 0.310 e. The molecule has 0 fully saturated rings. The molecule has 1 aliphatic heterocycles. The second-order valence-electron chi connectivity index (χ2n) is 13.9. The van der Waals surface area contributed by atoms with Crippen LogP contribution in [0, 0.1) is 0 Å². The molecule has 0 N–H and O–H groups in total. The van der Waals surface area contributed by atoms with Crippen LogP contribution in [0.25, 0.3) is 39.6 Å². The molecule has 8 aromatic rings. The lowest BCUT2D eigenvalue weighted by Crippen LogP contribution is -2.71. The summed E-state index contributed by atoms with van der Waals surface area (Å²) in [6, 6.07) is 69.3. The monoisotopic (exact) mass is 736 g/mol. The Labute approximate surface area is 329 Å². The number of hydrogen-bond acceptors (Lipinski definition) is 3. The predicted molar refractivity (Wildman–Crippen MR) is 236 cm³/mol. The summed E-state index contributed by atoms with van der Waals surface area (Å²) in [6.45, 7) is 6.46. The minimum absolute atomic E-state index is 0.782. The summed E-state index contributed by atoms with van der Waals surface area (Å²) < 4.78 is 2.21. The average Bonchev–Trinajstić information content (AvgIpc) is 3.72. The molecule has 2 heterocycles. The summed E-state index contributed by atoms with van der Waals surface area (Å²) in [5.41, 5.74) is 8.54. The van der Waals surface area contributed by atoms with Crippen molar-refractivity contribution in [3.63, 3.8) is 0 Å². The van der Waals surface area contributed by atoms with Crippen molar-refractivity contribution >= 4 is 35.0 Å². The minimum atomic E-state index is -2.76. The van der Waals surface area contributed by atoms with E-state index < -0.39 is 8.07 Å². The van der Waals surface area contributed by atoms with Crippen molar-refractivity contribution in [1.82, 2.24) is 14.8 Å². The Hall–Kier alpha value is -7.08. The van der Waals surface area contributed by atoms with Gasteiger partial charge in [0.15, 0.2) is 19.7 Å². The van der Waals surface area contributed by atoms with Crippen molar-refractivity contribution in [3.8, 4) is 39.6 Å². The molecule has 5 heteroatoms. The van der Waals surface area contributed by atoms with Crippen LogP contribution < -0.4 is 20.5 Å². The van der Waals surface area contributed by atoms with Gasteiger partial charge in [0.25, 0.3) is 0 Å². The summed E-state index contributed by atoms with van der Waals surface area (Å²) in [7, 11) is -2.76. The highest BCUT2D eigenvalue weighted by molar-refractivity contribution is 7.17. The molecule has 0 amide bonds. The number of para-hydroxylation sites is 3. The van der Waals surface area contributed by atoms with Crippen LogP contribution in [0.2, 0.25) is 0 Å². The number of anilines is 2. The molecular weight excluding hydrogens is 697 g/mol. The molecular formula is C51H40N4Si. The summed E-state index contributed by atoms with van der Waals surface area (Å²) in [4.78, 5) is 2.47. The smallest absolute Gasteiger partial charge is 0.179 e. The fourth-order valence-electron chi connectivity index (χ4n) is 8.44. The quantitative estimate of drug-likeness (QED) is 0.109. The van der Waals surface area contributed by atoms with Crippen molar-refractivity contribution in [2.24, 2.45) is 0 Å². The molecule has 0 saturated heterocycles. The van der Waals surface area contributed by atoms with Gasteiger partial charge in [0.05, 0.1) is 11.4 Å². The molecule has 1 aromatic heterocycles. The number of nitrogens with zero attached hydrogens (tertiary/aromatic N) is 4. The van der Waals surface area contributed by atoms with Gasteiger partial charge in [-0.3, -0.25) is 4.57 Å². The Morgan fingerprint density at radius 1 is 0.482 bits per heavy atom. The van der Waals surface area contributed by atoms with Crippen LogP contribution in [0.3, 0.4) is 0 Å². The van der Waals surface area contributed by atoms with E-state index >= 15 is 0 Å². The Kier molecular flexibility index (Phi) is 9.27. The molecule has 0 bridgehead atoms. The first-order valence-electron chi connectivity index (χ1n) is 19.0. The normalized spacial score (nSPS) is 13.5. The zero-order valence-corrected chi connectivity index (χ0v) is 32.2. The molecule has 9 rings (SSSR count).